The molecule has 0 aliphatic carbocycles. The zero-order chi connectivity index (χ0) is 16.9. The molecule has 2 aromatic carbocycles. The van der Waals surface area contributed by atoms with E-state index < -0.39 is 0 Å². The van der Waals surface area contributed by atoms with Crippen LogP contribution in [0.5, 0.6) is 0 Å². The molecule has 6 heteroatoms. The Morgan fingerprint density at radius 1 is 1.17 bits per heavy atom. The SMILES string of the molecule is O=C(CCc1cccc(F)c1)NCCn1c(=O)[nH]c2ccccc21. The number of H-pyrrole nitrogens is 1. The molecule has 0 spiro atoms. The maximum absolute atomic E-state index is 13.1. The monoisotopic (exact) mass is 327 g/mol. The molecule has 0 fully saturated rings. The second-order valence-electron chi connectivity index (χ2n) is 5.58. The van der Waals surface area contributed by atoms with E-state index in [4.69, 9.17) is 0 Å². The van der Waals surface area contributed by atoms with Crippen LogP contribution in [0.1, 0.15) is 12.0 Å². The Bertz CT molecular complexity index is 914. The highest BCUT2D eigenvalue weighted by atomic mass is 19.1. The van der Waals surface area contributed by atoms with Gasteiger partial charge in [-0.1, -0.05) is 24.3 Å². The van der Waals surface area contributed by atoms with E-state index >= 15 is 0 Å². The highest BCUT2D eigenvalue weighted by Crippen LogP contribution is 2.08. The molecule has 1 heterocycles. The third-order valence-corrected chi connectivity index (χ3v) is 3.87. The molecule has 5 nitrogen and oxygen atoms in total. The Morgan fingerprint density at radius 3 is 2.83 bits per heavy atom. The van der Waals surface area contributed by atoms with E-state index in [2.05, 4.69) is 10.3 Å². The zero-order valence-corrected chi connectivity index (χ0v) is 13.1. The molecule has 1 amide bonds. The maximum Gasteiger partial charge on any atom is 0.326 e. The van der Waals surface area contributed by atoms with Gasteiger partial charge in [0.25, 0.3) is 0 Å². The van der Waals surface area contributed by atoms with Gasteiger partial charge >= 0.3 is 5.69 Å². The van der Waals surface area contributed by atoms with Crippen molar-refractivity contribution in [1.29, 1.82) is 0 Å². The van der Waals surface area contributed by atoms with Crippen LogP contribution in [-0.2, 0) is 17.8 Å². The van der Waals surface area contributed by atoms with E-state index in [1.165, 1.54) is 12.1 Å². The zero-order valence-electron chi connectivity index (χ0n) is 13.1. The number of benzene rings is 2. The first-order valence-corrected chi connectivity index (χ1v) is 7.82. The number of imidazole rings is 1. The number of aryl methyl sites for hydroxylation is 1. The topological polar surface area (TPSA) is 66.9 Å². The number of halogens is 1. The molecular weight excluding hydrogens is 309 g/mol. The largest absolute Gasteiger partial charge is 0.354 e. The van der Waals surface area contributed by atoms with Gasteiger partial charge in [0.05, 0.1) is 11.0 Å². The van der Waals surface area contributed by atoms with E-state index in [1.54, 1.807) is 16.7 Å². The Kier molecular flexibility index (Phi) is 4.74. The minimum atomic E-state index is -0.299. The number of nitrogens with zero attached hydrogens (tertiary/aromatic N) is 1. The number of nitrogens with one attached hydrogen (secondary N) is 2. The molecular formula is C18H18FN3O2. The summed E-state index contributed by atoms with van der Waals surface area (Å²) in [6, 6.07) is 13.7. The van der Waals surface area contributed by atoms with Crippen molar-refractivity contribution in [2.45, 2.75) is 19.4 Å². The molecule has 1 aromatic heterocycles. The highest BCUT2D eigenvalue weighted by molar-refractivity contribution is 5.76. The van der Waals surface area contributed by atoms with Crippen molar-refractivity contribution in [3.05, 3.63) is 70.4 Å². The average Bonchev–Trinajstić information content (AvgIpc) is 2.89. The van der Waals surface area contributed by atoms with Crippen LogP contribution in [0, 0.1) is 5.82 Å². The Balaban J connectivity index is 1.51. The lowest BCUT2D eigenvalue weighted by Crippen LogP contribution is -2.30. The quantitative estimate of drug-likeness (QED) is 0.729. The second kappa shape index (κ2) is 7.12. The van der Waals surface area contributed by atoms with Gasteiger partial charge in [0.1, 0.15) is 5.82 Å². The molecule has 3 aromatic rings. The number of aromatic amines is 1. The van der Waals surface area contributed by atoms with Crippen molar-refractivity contribution >= 4 is 16.9 Å². The first-order chi connectivity index (χ1) is 11.6. The summed E-state index contributed by atoms with van der Waals surface area (Å²) >= 11 is 0. The number of fused-ring (bicyclic) bond motifs is 1. The van der Waals surface area contributed by atoms with Crippen LogP contribution >= 0.6 is 0 Å². The number of amides is 1. The van der Waals surface area contributed by atoms with Crippen molar-refractivity contribution in [2.24, 2.45) is 0 Å². The van der Waals surface area contributed by atoms with Gasteiger partial charge in [-0.15, -0.1) is 0 Å². The number of carbonyl (C=O) groups is 1. The summed E-state index contributed by atoms with van der Waals surface area (Å²) in [7, 11) is 0. The molecule has 0 aliphatic rings. The molecule has 0 saturated carbocycles. The van der Waals surface area contributed by atoms with Crippen molar-refractivity contribution in [3.8, 4) is 0 Å². The van der Waals surface area contributed by atoms with Crippen LogP contribution in [0.25, 0.3) is 11.0 Å². The van der Waals surface area contributed by atoms with Gasteiger partial charge in [0, 0.05) is 19.5 Å². The lowest BCUT2D eigenvalue weighted by molar-refractivity contribution is -0.121. The van der Waals surface area contributed by atoms with Crippen LogP contribution in [-0.4, -0.2) is 22.0 Å². The number of aromatic nitrogens is 2. The lowest BCUT2D eigenvalue weighted by atomic mass is 10.1. The molecule has 0 saturated heterocycles. The Labute approximate surface area is 138 Å². The normalized spacial score (nSPS) is 10.9. The third kappa shape index (κ3) is 3.71. The van der Waals surface area contributed by atoms with Crippen molar-refractivity contribution in [2.75, 3.05) is 6.54 Å². The van der Waals surface area contributed by atoms with E-state index in [-0.39, 0.29) is 23.8 Å². The third-order valence-electron chi connectivity index (χ3n) is 3.87. The molecule has 124 valence electrons. The predicted molar refractivity (Wildman–Crippen MR) is 90.3 cm³/mol. The fraction of sp³-hybridized carbons (Fsp3) is 0.222. The summed E-state index contributed by atoms with van der Waals surface area (Å²) < 4.78 is 14.7. The first kappa shape index (κ1) is 16.0. The number of rotatable bonds is 6. The van der Waals surface area contributed by atoms with Gasteiger partial charge in [-0.2, -0.15) is 0 Å². The number of para-hydroxylation sites is 2. The molecule has 3 rings (SSSR count). The minimum absolute atomic E-state index is 0.118. The summed E-state index contributed by atoms with van der Waals surface area (Å²) in [5.74, 6) is -0.418. The summed E-state index contributed by atoms with van der Waals surface area (Å²) in [5.41, 5.74) is 2.19. The maximum atomic E-state index is 13.1. The standard InChI is InChI=1S/C18H18FN3O2/c19-14-5-3-4-13(12-14)8-9-17(23)20-10-11-22-16-7-2-1-6-15(16)21-18(22)24/h1-7,12H,8-11H2,(H,20,23)(H,21,24). The molecule has 0 radical (unpaired) electrons. The predicted octanol–water partition coefficient (Wildman–Crippen LogP) is 2.22. The summed E-state index contributed by atoms with van der Waals surface area (Å²) in [5, 5.41) is 2.79. The smallest absolute Gasteiger partial charge is 0.326 e. The molecule has 0 atom stereocenters. The average molecular weight is 327 g/mol. The minimum Gasteiger partial charge on any atom is -0.354 e. The lowest BCUT2D eigenvalue weighted by Gasteiger charge is -2.07. The summed E-state index contributed by atoms with van der Waals surface area (Å²) in [4.78, 5) is 26.6. The van der Waals surface area contributed by atoms with Gasteiger partial charge < -0.3 is 10.3 Å². The molecule has 0 unspecified atom stereocenters. The summed E-state index contributed by atoms with van der Waals surface area (Å²) in [6.07, 6.45) is 0.767. The molecule has 2 N–H and O–H groups in total. The molecule has 0 aliphatic heterocycles. The fourth-order valence-corrected chi connectivity index (χ4v) is 2.67. The Morgan fingerprint density at radius 2 is 2.00 bits per heavy atom. The molecule has 0 bridgehead atoms. The van der Waals surface area contributed by atoms with Crippen molar-refractivity contribution < 1.29 is 9.18 Å². The van der Waals surface area contributed by atoms with Gasteiger partial charge in [0.2, 0.25) is 5.91 Å². The van der Waals surface area contributed by atoms with Gasteiger partial charge in [-0.3, -0.25) is 9.36 Å². The van der Waals surface area contributed by atoms with Gasteiger partial charge in [-0.05, 0) is 36.2 Å². The van der Waals surface area contributed by atoms with Crippen LogP contribution in [0.15, 0.2) is 53.3 Å². The Hall–Kier alpha value is -2.89. The van der Waals surface area contributed by atoms with Crippen LogP contribution in [0.2, 0.25) is 0 Å². The first-order valence-electron chi connectivity index (χ1n) is 7.82. The van der Waals surface area contributed by atoms with Crippen molar-refractivity contribution in [3.63, 3.8) is 0 Å². The van der Waals surface area contributed by atoms with Crippen LogP contribution in [0.3, 0.4) is 0 Å². The van der Waals surface area contributed by atoms with Gasteiger partial charge in [-0.25, -0.2) is 9.18 Å². The van der Waals surface area contributed by atoms with E-state index in [9.17, 15) is 14.0 Å². The number of carbonyl (C=O) groups excluding carboxylic acids is 1. The van der Waals surface area contributed by atoms with Gasteiger partial charge in [0.15, 0.2) is 0 Å². The highest BCUT2D eigenvalue weighted by Gasteiger charge is 2.07. The number of hydrogen-bond donors (Lipinski definition) is 2. The van der Waals surface area contributed by atoms with E-state index in [1.807, 2.05) is 24.3 Å². The summed E-state index contributed by atoms with van der Waals surface area (Å²) in [6.45, 7) is 0.762. The number of hydrogen-bond acceptors (Lipinski definition) is 2. The van der Waals surface area contributed by atoms with Crippen LogP contribution in [0.4, 0.5) is 4.39 Å². The fourth-order valence-electron chi connectivity index (χ4n) is 2.67. The van der Waals surface area contributed by atoms with Crippen LogP contribution < -0.4 is 11.0 Å². The second-order valence-corrected chi connectivity index (χ2v) is 5.58. The van der Waals surface area contributed by atoms with E-state index in [0.29, 0.717) is 19.5 Å². The van der Waals surface area contributed by atoms with E-state index in [0.717, 1.165) is 16.6 Å². The molecule has 24 heavy (non-hydrogen) atoms. The van der Waals surface area contributed by atoms with Crippen molar-refractivity contribution in [1.82, 2.24) is 14.9 Å².